The summed E-state index contributed by atoms with van der Waals surface area (Å²) in [5.41, 5.74) is 2.65. The van der Waals surface area contributed by atoms with E-state index in [4.69, 9.17) is 0 Å². The summed E-state index contributed by atoms with van der Waals surface area (Å²) in [7, 11) is 1.70. The summed E-state index contributed by atoms with van der Waals surface area (Å²) in [6, 6.07) is 8.74. The van der Waals surface area contributed by atoms with E-state index in [-0.39, 0.29) is 5.91 Å². The molecule has 1 N–H and O–H groups in total. The van der Waals surface area contributed by atoms with Gasteiger partial charge < -0.3 is 5.32 Å². The SMILES string of the molecule is CCCc1ccc(C(CC(=O)NC)C(C)C)cc1. The largest absolute Gasteiger partial charge is 0.359 e. The molecule has 0 saturated heterocycles. The van der Waals surface area contributed by atoms with Gasteiger partial charge in [0, 0.05) is 13.5 Å². The molecule has 1 rings (SSSR count). The number of aryl methyl sites for hydroxylation is 1. The molecule has 1 atom stereocenters. The highest BCUT2D eigenvalue weighted by molar-refractivity contribution is 5.76. The zero-order chi connectivity index (χ0) is 13.5. The minimum Gasteiger partial charge on any atom is -0.359 e. The molecule has 0 radical (unpaired) electrons. The molecule has 2 nitrogen and oxygen atoms in total. The second kappa shape index (κ2) is 7.20. The van der Waals surface area contributed by atoms with Crippen LogP contribution in [0.25, 0.3) is 0 Å². The summed E-state index contributed by atoms with van der Waals surface area (Å²) < 4.78 is 0. The zero-order valence-electron chi connectivity index (χ0n) is 12.0. The monoisotopic (exact) mass is 247 g/mol. The van der Waals surface area contributed by atoms with Crippen LogP contribution in [0, 0.1) is 5.92 Å². The normalized spacial score (nSPS) is 12.5. The lowest BCUT2D eigenvalue weighted by atomic mass is 9.85. The van der Waals surface area contributed by atoms with Crippen molar-refractivity contribution in [3.05, 3.63) is 35.4 Å². The molecule has 1 unspecified atom stereocenters. The Morgan fingerprint density at radius 2 is 1.83 bits per heavy atom. The van der Waals surface area contributed by atoms with Crippen molar-refractivity contribution in [1.82, 2.24) is 5.32 Å². The van der Waals surface area contributed by atoms with Gasteiger partial charge in [-0.15, -0.1) is 0 Å². The number of benzene rings is 1. The molecule has 0 saturated carbocycles. The molecular weight excluding hydrogens is 222 g/mol. The molecule has 100 valence electrons. The smallest absolute Gasteiger partial charge is 0.220 e. The maximum atomic E-state index is 11.6. The molecule has 0 spiro atoms. The van der Waals surface area contributed by atoms with Gasteiger partial charge in [-0.05, 0) is 29.4 Å². The highest BCUT2D eigenvalue weighted by Gasteiger charge is 2.18. The minimum absolute atomic E-state index is 0.117. The van der Waals surface area contributed by atoms with Gasteiger partial charge in [0.25, 0.3) is 0 Å². The van der Waals surface area contributed by atoms with Crippen LogP contribution in [0.3, 0.4) is 0 Å². The van der Waals surface area contributed by atoms with Crippen molar-refractivity contribution in [3.63, 3.8) is 0 Å². The van der Waals surface area contributed by atoms with Crippen molar-refractivity contribution < 1.29 is 4.79 Å². The van der Waals surface area contributed by atoms with Crippen LogP contribution < -0.4 is 5.32 Å². The zero-order valence-corrected chi connectivity index (χ0v) is 12.0. The Bertz CT molecular complexity index is 367. The van der Waals surface area contributed by atoms with Crippen LogP contribution >= 0.6 is 0 Å². The van der Waals surface area contributed by atoms with Crippen LogP contribution in [-0.2, 0) is 11.2 Å². The summed E-state index contributed by atoms with van der Waals surface area (Å²) in [5.74, 6) is 0.895. The fraction of sp³-hybridized carbons (Fsp3) is 0.562. The molecular formula is C16H25NO. The molecule has 1 amide bonds. The Labute approximate surface area is 111 Å². The van der Waals surface area contributed by atoms with Gasteiger partial charge in [-0.3, -0.25) is 4.79 Å². The standard InChI is InChI=1S/C16H25NO/c1-5-6-13-7-9-14(10-8-13)15(12(2)3)11-16(18)17-4/h7-10,12,15H,5-6,11H2,1-4H3,(H,17,18). The van der Waals surface area contributed by atoms with Crippen LogP contribution in [-0.4, -0.2) is 13.0 Å². The van der Waals surface area contributed by atoms with Gasteiger partial charge in [-0.2, -0.15) is 0 Å². The topological polar surface area (TPSA) is 29.1 Å². The molecule has 0 fully saturated rings. The van der Waals surface area contributed by atoms with E-state index in [0.29, 0.717) is 18.3 Å². The third kappa shape index (κ3) is 4.17. The molecule has 0 aliphatic heterocycles. The molecule has 0 aliphatic rings. The number of hydrogen-bond acceptors (Lipinski definition) is 1. The van der Waals surface area contributed by atoms with Gasteiger partial charge in [-0.1, -0.05) is 51.5 Å². The number of hydrogen-bond donors (Lipinski definition) is 1. The third-order valence-corrected chi connectivity index (χ3v) is 3.44. The summed E-state index contributed by atoms with van der Waals surface area (Å²) in [6.45, 7) is 6.54. The molecule has 2 heteroatoms. The first kappa shape index (κ1) is 14.7. The Morgan fingerprint density at radius 3 is 2.28 bits per heavy atom. The summed E-state index contributed by atoms with van der Waals surface area (Å²) in [4.78, 5) is 11.6. The van der Waals surface area contributed by atoms with Crippen molar-refractivity contribution >= 4 is 5.91 Å². The number of amides is 1. The Morgan fingerprint density at radius 1 is 1.22 bits per heavy atom. The van der Waals surface area contributed by atoms with E-state index in [1.807, 2.05) is 0 Å². The lowest BCUT2D eigenvalue weighted by molar-refractivity contribution is -0.121. The number of carbonyl (C=O) groups is 1. The van der Waals surface area contributed by atoms with Crippen molar-refractivity contribution in [1.29, 1.82) is 0 Å². The van der Waals surface area contributed by atoms with E-state index in [9.17, 15) is 4.79 Å². The predicted molar refractivity (Wildman–Crippen MR) is 76.7 cm³/mol. The fourth-order valence-corrected chi connectivity index (χ4v) is 2.26. The summed E-state index contributed by atoms with van der Waals surface area (Å²) >= 11 is 0. The van der Waals surface area contributed by atoms with E-state index >= 15 is 0 Å². The number of nitrogens with one attached hydrogen (secondary N) is 1. The first-order valence-corrected chi connectivity index (χ1v) is 6.87. The van der Waals surface area contributed by atoms with Crippen LogP contribution in [0.1, 0.15) is 50.7 Å². The van der Waals surface area contributed by atoms with Crippen LogP contribution in [0.5, 0.6) is 0 Å². The van der Waals surface area contributed by atoms with Gasteiger partial charge in [0.1, 0.15) is 0 Å². The average Bonchev–Trinajstić information content (AvgIpc) is 2.37. The van der Waals surface area contributed by atoms with E-state index < -0.39 is 0 Å². The lowest BCUT2D eigenvalue weighted by Gasteiger charge is -2.20. The van der Waals surface area contributed by atoms with E-state index in [0.717, 1.165) is 6.42 Å². The highest BCUT2D eigenvalue weighted by atomic mass is 16.1. The third-order valence-electron chi connectivity index (χ3n) is 3.44. The summed E-state index contributed by atoms with van der Waals surface area (Å²) in [5, 5.41) is 2.71. The van der Waals surface area contributed by atoms with Gasteiger partial charge in [0.15, 0.2) is 0 Å². The van der Waals surface area contributed by atoms with Crippen LogP contribution in [0.4, 0.5) is 0 Å². The van der Waals surface area contributed by atoms with E-state index in [2.05, 4.69) is 50.4 Å². The molecule has 1 aromatic carbocycles. The van der Waals surface area contributed by atoms with Gasteiger partial charge in [0.05, 0.1) is 0 Å². The van der Waals surface area contributed by atoms with Gasteiger partial charge >= 0.3 is 0 Å². The van der Waals surface area contributed by atoms with Gasteiger partial charge in [-0.25, -0.2) is 0 Å². The quantitative estimate of drug-likeness (QED) is 0.819. The molecule has 0 heterocycles. The van der Waals surface area contributed by atoms with Gasteiger partial charge in [0.2, 0.25) is 5.91 Å². The van der Waals surface area contributed by atoms with Crippen LogP contribution in [0.2, 0.25) is 0 Å². The van der Waals surface area contributed by atoms with E-state index in [1.54, 1.807) is 7.05 Å². The molecule has 0 aliphatic carbocycles. The lowest BCUT2D eigenvalue weighted by Crippen LogP contribution is -2.22. The number of rotatable bonds is 6. The minimum atomic E-state index is 0.117. The molecule has 0 bridgehead atoms. The Balaban J connectivity index is 2.82. The molecule has 18 heavy (non-hydrogen) atoms. The highest BCUT2D eigenvalue weighted by Crippen LogP contribution is 2.28. The summed E-state index contributed by atoms with van der Waals surface area (Å²) in [6.07, 6.45) is 2.87. The second-order valence-corrected chi connectivity index (χ2v) is 5.22. The Kier molecular flexibility index (Phi) is 5.90. The first-order chi connectivity index (χ1) is 8.58. The van der Waals surface area contributed by atoms with Crippen LogP contribution in [0.15, 0.2) is 24.3 Å². The average molecular weight is 247 g/mol. The predicted octanol–water partition coefficient (Wildman–Crippen LogP) is 3.51. The van der Waals surface area contributed by atoms with Crippen molar-refractivity contribution in [2.75, 3.05) is 7.05 Å². The molecule has 1 aromatic rings. The van der Waals surface area contributed by atoms with Crippen molar-refractivity contribution in [3.8, 4) is 0 Å². The first-order valence-electron chi connectivity index (χ1n) is 6.87. The maximum Gasteiger partial charge on any atom is 0.220 e. The second-order valence-electron chi connectivity index (χ2n) is 5.22. The number of carbonyl (C=O) groups excluding carboxylic acids is 1. The maximum absolute atomic E-state index is 11.6. The van der Waals surface area contributed by atoms with Crippen molar-refractivity contribution in [2.24, 2.45) is 5.92 Å². The van der Waals surface area contributed by atoms with E-state index in [1.165, 1.54) is 17.5 Å². The molecule has 0 aromatic heterocycles. The Hall–Kier alpha value is -1.31. The van der Waals surface area contributed by atoms with Crippen molar-refractivity contribution in [2.45, 2.75) is 46.0 Å². The fourth-order valence-electron chi connectivity index (χ4n) is 2.26.